The SMILES string of the molecule is O=CCCc1cccc(C(=O)c2ccccc2)c1. The van der Waals surface area contributed by atoms with Gasteiger partial charge in [-0.1, -0.05) is 48.5 Å². The molecule has 0 fully saturated rings. The fourth-order valence-corrected chi connectivity index (χ4v) is 1.85. The zero-order valence-corrected chi connectivity index (χ0v) is 10.0. The number of hydrogen-bond acceptors (Lipinski definition) is 2. The molecular formula is C16H14O2. The molecule has 0 radical (unpaired) electrons. The van der Waals surface area contributed by atoms with E-state index in [0.29, 0.717) is 24.0 Å². The Kier molecular flexibility index (Phi) is 4.02. The van der Waals surface area contributed by atoms with Crippen molar-refractivity contribution in [2.24, 2.45) is 0 Å². The Balaban J connectivity index is 2.23. The smallest absolute Gasteiger partial charge is 0.193 e. The van der Waals surface area contributed by atoms with Crippen LogP contribution in [-0.4, -0.2) is 12.1 Å². The number of rotatable bonds is 5. The third-order valence-corrected chi connectivity index (χ3v) is 2.78. The van der Waals surface area contributed by atoms with Gasteiger partial charge in [0.15, 0.2) is 5.78 Å². The lowest BCUT2D eigenvalue weighted by atomic mass is 10.00. The van der Waals surface area contributed by atoms with Gasteiger partial charge in [-0.3, -0.25) is 4.79 Å². The predicted octanol–water partition coefficient (Wildman–Crippen LogP) is 3.05. The lowest BCUT2D eigenvalue weighted by molar-refractivity contribution is -0.107. The molecule has 2 nitrogen and oxygen atoms in total. The second kappa shape index (κ2) is 5.92. The normalized spacial score (nSPS) is 10.0. The number of aldehydes is 1. The first-order valence-corrected chi connectivity index (χ1v) is 5.93. The molecule has 0 aliphatic carbocycles. The van der Waals surface area contributed by atoms with E-state index in [2.05, 4.69) is 0 Å². The molecule has 0 saturated heterocycles. The van der Waals surface area contributed by atoms with Crippen molar-refractivity contribution in [1.82, 2.24) is 0 Å². The Labute approximate surface area is 106 Å². The first kappa shape index (κ1) is 12.2. The van der Waals surface area contributed by atoms with Crippen LogP contribution in [0.5, 0.6) is 0 Å². The Morgan fingerprint density at radius 1 is 0.944 bits per heavy atom. The van der Waals surface area contributed by atoms with Gasteiger partial charge >= 0.3 is 0 Å². The number of benzene rings is 2. The Morgan fingerprint density at radius 2 is 1.67 bits per heavy atom. The van der Waals surface area contributed by atoms with Crippen LogP contribution < -0.4 is 0 Å². The summed E-state index contributed by atoms with van der Waals surface area (Å²) in [6, 6.07) is 16.7. The summed E-state index contributed by atoms with van der Waals surface area (Å²) >= 11 is 0. The van der Waals surface area contributed by atoms with Crippen LogP contribution in [0.1, 0.15) is 27.9 Å². The maximum absolute atomic E-state index is 12.2. The largest absolute Gasteiger partial charge is 0.303 e. The van der Waals surface area contributed by atoms with Gasteiger partial charge in [0, 0.05) is 17.5 Å². The van der Waals surface area contributed by atoms with Crippen LogP contribution in [0, 0.1) is 0 Å². The van der Waals surface area contributed by atoms with E-state index >= 15 is 0 Å². The average Bonchev–Trinajstić information content (AvgIpc) is 2.45. The van der Waals surface area contributed by atoms with Crippen molar-refractivity contribution >= 4 is 12.1 Å². The van der Waals surface area contributed by atoms with Crippen LogP contribution in [0.4, 0.5) is 0 Å². The summed E-state index contributed by atoms with van der Waals surface area (Å²) in [6.45, 7) is 0. The van der Waals surface area contributed by atoms with Crippen LogP contribution in [0.3, 0.4) is 0 Å². The zero-order valence-electron chi connectivity index (χ0n) is 10.0. The highest BCUT2D eigenvalue weighted by Crippen LogP contribution is 2.12. The number of aryl methyl sites for hydroxylation is 1. The number of carbonyl (C=O) groups excluding carboxylic acids is 2. The molecule has 0 amide bonds. The van der Waals surface area contributed by atoms with Gasteiger partial charge in [-0.25, -0.2) is 0 Å². The van der Waals surface area contributed by atoms with Crippen LogP contribution in [0.25, 0.3) is 0 Å². The minimum Gasteiger partial charge on any atom is -0.303 e. The Morgan fingerprint density at radius 3 is 2.39 bits per heavy atom. The highest BCUT2D eigenvalue weighted by molar-refractivity contribution is 6.09. The lowest BCUT2D eigenvalue weighted by Gasteiger charge is -2.03. The highest BCUT2D eigenvalue weighted by Gasteiger charge is 2.08. The van der Waals surface area contributed by atoms with Gasteiger partial charge in [-0.2, -0.15) is 0 Å². The van der Waals surface area contributed by atoms with Crippen molar-refractivity contribution in [3.05, 3.63) is 71.3 Å². The van der Waals surface area contributed by atoms with Gasteiger partial charge in [0.05, 0.1) is 0 Å². The van der Waals surface area contributed by atoms with Gasteiger partial charge in [-0.15, -0.1) is 0 Å². The van der Waals surface area contributed by atoms with Crippen molar-refractivity contribution in [1.29, 1.82) is 0 Å². The van der Waals surface area contributed by atoms with Crippen LogP contribution >= 0.6 is 0 Å². The summed E-state index contributed by atoms with van der Waals surface area (Å²) < 4.78 is 0. The molecule has 0 unspecified atom stereocenters. The molecule has 0 spiro atoms. The molecule has 0 atom stereocenters. The molecule has 2 heteroatoms. The second-order valence-electron chi connectivity index (χ2n) is 4.10. The summed E-state index contributed by atoms with van der Waals surface area (Å²) in [5, 5.41) is 0. The molecule has 0 bridgehead atoms. The molecule has 0 aliphatic rings. The Hall–Kier alpha value is -2.22. The maximum Gasteiger partial charge on any atom is 0.193 e. The Bertz CT molecular complexity index is 544. The van der Waals surface area contributed by atoms with Crippen LogP contribution in [0.2, 0.25) is 0 Å². The summed E-state index contributed by atoms with van der Waals surface area (Å²) in [5.41, 5.74) is 2.37. The van der Waals surface area contributed by atoms with E-state index in [1.165, 1.54) is 0 Å². The molecule has 2 rings (SSSR count). The van der Waals surface area contributed by atoms with E-state index in [4.69, 9.17) is 0 Å². The first-order valence-electron chi connectivity index (χ1n) is 5.93. The van der Waals surface area contributed by atoms with E-state index < -0.39 is 0 Å². The molecule has 90 valence electrons. The molecule has 2 aromatic rings. The van der Waals surface area contributed by atoms with E-state index in [9.17, 15) is 9.59 Å². The zero-order chi connectivity index (χ0) is 12.8. The monoisotopic (exact) mass is 238 g/mol. The van der Waals surface area contributed by atoms with Gasteiger partial charge in [-0.05, 0) is 18.1 Å². The molecule has 0 saturated carbocycles. The minimum absolute atomic E-state index is 0.0172. The number of carbonyl (C=O) groups is 2. The van der Waals surface area contributed by atoms with Crippen LogP contribution in [0.15, 0.2) is 54.6 Å². The van der Waals surface area contributed by atoms with Crippen molar-refractivity contribution in [2.75, 3.05) is 0 Å². The van der Waals surface area contributed by atoms with Crippen molar-refractivity contribution in [3.8, 4) is 0 Å². The standard InChI is InChI=1S/C16H14O2/c17-11-5-7-13-6-4-10-15(12-13)16(18)14-8-2-1-3-9-14/h1-4,6,8-12H,5,7H2. The maximum atomic E-state index is 12.2. The topological polar surface area (TPSA) is 34.1 Å². The van der Waals surface area contributed by atoms with Crippen molar-refractivity contribution in [3.63, 3.8) is 0 Å². The minimum atomic E-state index is 0.0172. The third kappa shape index (κ3) is 2.92. The first-order chi connectivity index (χ1) is 8.81. The van der Waals surface area contributed by atoms with E-state index in [0.717, 1.165) is 11.8 Å². The molecule has 0 aromatic heterocycles. The lowest BCUT2D eigenvalue weighted by Crippen LogP contribution is -2.01. The van der Waals surface area contributed by atoms with E-state index in [1.54, 1.807) is 18.2 Å². The summed E-state index contributed by atoms with van der Waals surface area (Å²) in [4.78, 5) is 22.6. The molecule has 18 heavy (non-hydrogen) atoms. The summed E-state index contributed by atoms with van der Waals surface area (Å²) in [5.74, 6) is 0.0172. The number of ketones is 1. The van der Waals surface area contributed by atoms with Gasteiger partial charge < -0.3 is 4.79 Å². The fraction of sp³-hybridized carbons (Fsp3) is 0.125. The molecule has 0 N–H and O–H groups in total. The van der Waals surface area contributed by atoms with Gasteiger partial charge in [0.25, 0.3) is 0 Å². The summed E-state index contributed by atoms with van der Waals surface area (Å²) in [7, 11) is 0. The average molecular weight is 238 g/mol. The molecule has 2 aromatic carbocycles. The quantitative estimate of drug-likeness (QED) is 0.592. The summed E-state index contributed by atoms with van der Waals surface area (Å²) in [6.07, 6.45) is 2.06. The molecular weight excluding hydrogens is 224 g/mol. The second-order valence-corrected chi connectivity index (χ2v) is 4.10. The highest BCUT2D eigenvalue weighted by atomic mass is 16.1. The molecule has 0 aliphatic heterocycles. The third-order valence-electron chi connectivity index (χ3n) is 2.78. The fourth-order valence-electron chi connectivity index (χ4n) is 1.85. The van der Waals surface area contributed by atoms with E-state index in [1.807, 2.05) is 36.4 Å². The van der Waals surface area contributed by atoms with E-state index in [-0.39, 0.29) is 5.78 Å². The number of hydrogen-bond donors (Lipinski definition) is 0. The van der Waals surface area contributed by atoms with Crippen LogP contribution in [-0.2, 0) is 11.2 Å². The van der Waals surface area contributed by atoms with Gasteiger partial charge in [0.1, 0.15) is 6.29 Å². The van der Waals surface area contributed by atoms with Crippen molar-refractivity contribution in [2.45, 2.75) is 12.8 Å². The molecule has 0 heterocycles. The van der Waals surface area contributed by atoms with Gasteiger partial charge in [0.2, 0.25) is 0 Å². The van der Waals surface area contributed by atoms with Crippen molar-refractivity contribution < 1.29 is 9.59 Å². The predicted molar refractivity (Wildman–Crippen MR) is 70.7 cm³/mol.